The molecule has 0 spiro atoms. The van der Waals surface area contributed by atoms with Gasteiger partial charge in [-0.1, -0.05) is 0 Å². The molecule has 3 heterocycles. The minimum atomic E-state index is -0.125. The summed E-state index contributed by atoms with van der Waals surface area (Å²) in [4.78, 5) is 30.8. The van der Waals surface area contributed by atoms with E-state index in [9.17, 15) is 9.59 Å². The average Bonchev–Trinajstić information content (AvgIpc) is 2.95. The number of rotatable bonds is 4. The molecule has 124 valence electrons. The maximum atomic E-state index is 12.5. The molecule has 2 amide bonds. The number of nitrogens with zero attached hydrogens (tertiary/aromatic N) is 3. The van der Waals surface area contributed by atoms with Gasteiger partial charge in [-0.2, -0.15) is 11.8 Å². The van der Waals surface area contributed by atoms with E-state index in [1.54, 1.807) is 0 Å². The predicted molar refractivity (Wildman–Crippen MR) is 85.9 cm³/mol. The molecular formula is C15H25N3O3S. The van der Waals surface area contributed by atoms with Gasteiger partial charge in [-0.05, 0) is 0 Å². The first-order valence-electron chi connectivity index (χ1n) is 8.18. The van der Waals surface area contributed by atoms with Gasteiger partial charge in [0, 0.05) is 63.7 Å². The Balaban J connectivity index is 1.46. The lowest BCUT2D eigenvalue weighted by molar-refractivity contribution is -0.135. The van der Waals surface area contributed by atoms with E-state index < -0.39 is 0 Å². The van der Waals surface area contributed by atoms with Crippen LogP contribution in [0.2, 0.25) is 0 Å². The van der Waals surface area contributed by atoms with E-state index in [0.717, 1.165) is 64.0 Å². The van der Waals surface area contributed by atoms with Crippen molar-refractivity contribution in [2.45, 2.75) is 6.42 Å². The number of thioether (sulfide) groups is 1. The van der Waals surface area contributed by atoms with Gasteiger partial charge in [-0.3, -0.25) is 14.5 Å². The van der Waals surface area contributed by atoms with E-state index in [-0.39, 0.29) is 17.7 Å². The van der Waals surface area contributed by atoms with Crippen LogP contribution in [0.1, 0.15) is 6.42 Å². The third kappa shape index (κ3) is 3.94. The Bertz CT molecular complexity index is 409. The van der Waals surface area contributed by atoms with Crippen LogP contribution >= 0.6 is 11.8 Å². The predicted octanol–water partition coefficient (Wildman–Crippen LogP) is -0.257. The summed E-state index contributed by atoms with van der Waals surface area (Å²) in [7, 11) is 0. The van der Waals surface area contributed by atoms with Crippen LogP contribution in [0.5, 0.6) is 0 Å². The van der Waals surface area contributed by atoms with Gasteiger partial charge >= 0.3 is 0 Å². The molecule has 0 aromatic carbocycles. The second kappa shape index (κ2) is 7.66. The summed E-state index contributed by atoms with van der Waals surface area (Å²) in [6.07, 6.45) is 0.394. The standard InChI is InChI=1S/C15H25N3O3S/c19-14-11-13(15(20)17-5-9-22-10-6-17)12-18(14)2-1-16-3-7-21-8-4-16/h13H,1-12H2. The molecule has 3 aliphatic rings. The van der Waals surface area contributed by atoms with E-state index in [4.69, 9.17) is 4.74 Å². The van der Waals surface area contributed by atoms with E-state index in [2.05, 4.69) is 4.90 Å². The second-order valence-corrected chi connectivity index (χ2v) is 7.36. The fourth-order valence-electron chi connectivity index (χ4n) is 3.28. The zero-order valence-electron chi connectivity index (χ0n) is 13.0. The van der Waals surface area contributed by atoms with Gasteiger partial charge in [0.25, 0.3) is 0 Å². The summed E-state index contributed by atoms with van der Waals surface area (Å²) in [6, 6.07) is 0. The maximum absolute atomic E-state index is 12.5. The maximum Gasteiger partial charge on any atom is 0.228 e. The molecule has 0 radical (unpaired) electrons. The van der Waals surface area contributed by atoms with Crippen molar-refractivity contribution in [2.75, 3.05) is 70.5 Å². The highest BCUT2D eigenvalue weighted by molar-refractivity contribution is 7.99. The van der Waals surface area contributed by atoms with Crippen molar-refractivity contribution in [1.82, 2.24) is 14.7 Å². The van der Waals surface area contributed by atoms with Gasteiger partial charge < -0.3 is 14.5 Å². The number of morpholine rings is 1. The van der Waals surface area contributed by atoms with E-state index >= 15 is 0 Å². The molecule has 0 saturated carbocycles. The summed E-state index contributed by atoms with van der Waals surface area (Å²) in [5.41, 5.74) is 0. The first kappa shape index (κ1) is 16.1. The molecule has 7 heteroatoms. The summed E-state index contributed by atoms with van der Waals surface area (Å²) < 4.78 is 5.33. The van der Waals surface area contributed by atoms with Crippen LogP contribution < -0.4 is 0 Å². The lowest BCUT2D eigenvalue weighted by Gasteiger charge is -2.29. The fraction of sp³-hybridized carbons (Fsp3) is 0.867. The van der Waals surface area contributed by atoms with Crippen LogP contribution in [-0.2, 0) is 14.3 Å². The molecule has 0 aromatic heterocycles. The molecule has 0 bridgehead atoms. The Hall–Kier alpha value is -0.790. The Morgan fingerprint density at radius 1 is 1.14 bits per heavy atom. The quantitative estimate of drug-likeness (QED) is 0.712. The Labute approximate surface area is 136 Å². The third-order valence-electron chi connectivity index (χ3n) is 4.68. The van der Waals surface area contributed by atoms with E-state index in [1.165, 1.54) is 0 Å². The first-order chi connectivity index (χ1) is 10.7. The lowest BCUT2D eigenvalue weighted by atomic mass is 10.1. The summed E-state index contributed by atoms with van der Waals surface area (Å²) >= 11 is 1.90. The van der Waals surface area contributed by atoms with Crippen LogP contribution in [0, 0.1) is 5.92 Å². The normalized spacial score (nSPS) is 27.5. The molecule has 3 saturated heterocycles. The van der Waals surface area contributed by atoms with Crippen LogP contribution in [0.4, 0.5) is 0 Å². The zero-order valence-corrected chi connectivity index (χ0v) is 13.9. The number of hydrogen-bond acceptors (Lipinski definition) is 5. The van der Waals surface area contributed by atoms with Crippen LogP contribution in [-0.4, -0.2) is 97.0 Å². The fourth-order valence-corrected chi connectivity index (χ4v) is 4.19. The van der Waals surface area contributed by atoms with Crippen molar-refractivity contribution >= 4 is 23.6 Å². The summed E-state index contributed by atoms with van der Waals surface area (Å²) in [6.45, 7) is 7.33. The van der Waals surface area contributed by atoms with Crippen molar-refractivity contribution in [3.8, 4) is 0 Å². The molecule has 1 atom stereocenters. The molecular weight excluding hydrogens is 302 g/mol. The highest BCUT2D eigenvalue weighted by Crippen LogP contribution is 2.22. The van der Waals surface area contributed by atoms with Crippen molar-refractivity contribution in [3.05, 3.63) is 0 Å². The number of carbonyl (C=O) groups is 2. The minimum Gasteiger partial charge on any atom is -0.379 e. The van der Waals surface area contributed by atoms with Gasteiger partial charge in [0.1, 0.15) is 0 Å². The van der Waals surface area contributed by atoms with Crippen LogP contribution in [0.3, 0.4) is 0 Å². The summed E-state index contributed by atoms with van der Waals surface area (Å²) in [5, 5.41) is 0. The number of hydrogen-bond donors (Lipinski definition) is 0. The molecule has 3 rings (SSSR count). The third-order valence-corrected chi connectivity index (χ3v) is 5.62. The molecule has 3 fully saturated rings. The van der Waals surface area contributed by atoms with Gasteiger partial charge in [0.2, 0.25) is 11.8 Å². The summed E-state index contributed by atoms with van der Waals surface area (Å²) in [5.74, 6) is 2.24. The largest absolute Gasteiger partial charge is 0.379 e. The van der Waals surface area contributed by atoms with Crippen LogP contribution in [0.15, 0.2) is 0 Å². The number of carbonyl (C=O) groups excluding carboxylic acids is 2. The zero-order chi connectivity index (χ0) is 15.4. The highest BCUT2D eigenvalue weighted by Gasteiger charge is 2.36. The van der Waals surface area contributed by atoms with Crippen molar-refractivity contribution in [2.24, 2.45) is 5.92 Å². The average molecular weight is 327 g/mol. The molecule has 0 aliphatic carbocycles. The monoisotopic (exact) mass is 327 g/mol. The van der Waals surface area contributed by atoms with Crippen molar-refractivity contribution in [3.63, 3.8) is 0 Å². The van der Waals surface area contributed by atoms with Gasteiger partial charge in [-0.15, -0.1) is 0 Å². The molecule has 6 nitrogen and oxygen atoms in total. The van der Waals surface area contributed by atoms with Gasteiger partial charge in [0.05, 0.1) is 19.1 Å². The minimum absolute atomic E-state index is 0.125. The van der Waals surface area contributed by atoms with E-state index in [1.807, 2.05) is 21.6 Å². The molecule has 22 heavy (non-hydrogen) atoms. The Morgan fingerprint density at radius 2 is 1.86 bits per heavy atom. The number of ether oxygens (including phenoxy) is 1. The first-order valence-corrected chi connectivity index (χ1v) is 9.34. The molecule has 1 unspecified atom stereocenters. The Morgan fingerprint density at radius 3 is 2.59 bits per heavy atom. The second-order valence-electron chi connectivity index (χ2n) is 6.13. The SMILES string of the molecule is O=C1CC(C(=O)N2CCSCC2)CN1CCN1CCOCC1. The highest BCUT2D eigenvalue weighted by atomic mass is 32.2. The van der Waals surface area contributed by atoms with Gasteiger partial charge in [-0.25, -0.2) is 0 Å². The van der Waals surface area contributed by atoms with Crippen LogP contribution in [0.25, 0.3) is 0 Å². The number of amides is 2. The molecule has 0 aromatic rings. The van der Waals surface area contributed by atoms with Crippen molar-refractivity contribution in [1.29, 1.82) is 0 Å². The van der Waals surface area contributed by atoms with E-state index in [0.29, 0.717) is 13.0 Å². The van der Waals surface area contributed by atoms with Crippen molar-refractivity contribution < 1.29 is 14.3 Å². The van der Waals surface area contributed by atoms with Gasteiger partial charge in [0.15, 0.2) is 0 Å². The molecule has 0 N–H and O–H groups in total. The molecule has 3 aliphatic heterocycles. The number of likely N-dealkylation sites (tertiary alicyclic amines) is 1. The lowest BCUT2D eigenvalue weighted by Crippen LogP contribution is -2.43. The smallest absolute Gasteiger partial charge is 0.228 e. The topological polar surface area (TPSA) is 53.1 Å². The Kier molecular flexibility index (Phi) is 5.60.